The van der Waals surface area contributed by atoms with Crippen LogP contribution in [0, 0.1) is 11.7 Å². The largest absolute Gasteiger partial charge is 0.492 e. The monoisotopic (exact) mass is 323 g/mol. The van der Waals surface area contributed by atoms with Gasteiger partial charge in [-0.25, -0.2) is 4.39 Å². The predicted octanol–water partition coefficient (Wildman–Crippen LogP) is 3.39. The maximum absolute atomic E-state index is 12.8. The van der Waals surface area contributed by atoms with Crippen molar-refractivity contribution in [2.45, 2.75) is 12.8 Å². The Kier molecular flexibility index (Phi) is 6.23. The zero-order valence-corrected chi connectivity index (χ0v) is 11.8. The molecule has 0 atom stereocenters. The molecule has 1 heterocycles. The summed E-state index contributed by atoms with van der Waals surface area (Å²) < 4.78 is 19.2. The minimum absolute atomic E-state index is 0. The third kappa shape index (κ3) is 4.45. The quantitative estimate of drug-likeness (QED) is 0.920. The van der Waals surface area contributed by atoms with Gasteiger partial charge in [0.05, 0.1) is 11.1 Å². The van der Waals surface area contributed by atoms with Crippen LogP contribution < -0.4 is 10.1 Å². The zero-order valence-electron chi connectivity index (χ0n) is 9.42. The van der Waals surface area contributed by atoms with Crippen molar-refractivity contribution in [2.24, 2.45) is 5.92 Å². The molecule has 1 aliphatic rings. The van der Waals surface area contributed by atoms with Gasteiger partial charge >= 0.3 is 0 Å². The first-order chi connectivity index (χ1) is 7.75. The molecular formula is C12H16BrClFNO. The number of halogens is 3. The third-order valence-corrected chi connectivity index (χ3v) is 3.45. The van der Waals surface area contributed by atoms with Gasteiger partial charge in [-0.1, -0.05) is 0 Å². The molecule has 2 nitrogen and oxygen atoms in total. The number of piperidine rings is 1. The van der Waals surface area contributed by atoms with E-state index in [2.05, 4.69) is 21.2 Å². The second kappa shape index (κ2) is 7.19. The van der Waals surface area contributed by atoms with Gasteiger partial charge in [0.25, 0.3) is 0 Å². The van der Waals surface area contributed by atoms with Gasteiger partial charge in [-0.05, 0) is 66.0 Å². The van der Waals surface area contributed by atoms with Crippen molar-refractivity contribution in [3.05, 3.63) is 28.5 Å². The molecule has 1 fully saturated rings. The second-order valence-corrected chi connectivity index (χ2v) is 4.93. The lowest BCUT2D eigenvalue weighted by Gasteiger charge is -2.22. The number of benzene rings is 1. The number of rotatable bonds is 3. The topological polar surface area (TPSA) is 21.3 Å². The summed E-state index contributed by atoms with van der Waals surface area (Å²) in [5.74, 6) is 1.08. The first-order valence-corrected chi connectivity index (χ1v) is 6.33. The molecule has 0 amide bonds. The van der Waals surface area contributed by atoms with Gasteiger partial charge < -0.3 is 10.1 Å². The summed E-state index contributed by atoms with van der Waals surface area (Å²) in [5.41, 5.74) is 0. The van der Waals surface area contributed by atoms with E-state index in [-0.39, 0.29) is 18.2 Å². The lowest BCUT2D eigenvalue weighted by molar-refractivity contribution is 0.214. The predicted molar refractivity (Wildman–Crippen MR) is 72.4 cm³/mol. The van der Waals surface area contributed by atoms with Crippen LogP contribution in [0.4, 0.5) is 4.39 Å². The van der Waals surface area contributed by atoms with Crippen molar-refractivity contribution < 1.29 is 9.13 Å². The summed E-state index contributed by atoms with van der Waals surface area (Å²) >= 11 is 3.29. The molecule has 1 aromatic carbocycles. The van der Waals surface area contributed by atoms with Crippen LogP contribution in [0.3, 0.4) is 0 Å². The maximum atomic E-state index is 12.8. The van der Waals surface area contributed by atoms with Crippen LogP contribution in [-0.4, -0.2) is 19.7 Å². The van der Waals surface area contributed by atoms with Gasteiger partial charge in [-0.2, -0.15) is 0 Å². The van der Waals surface area contributed by atoms with E-state index in [1.807, 2.05) is 0 Å². The summed E-state index contributed by atoms with van der Waals surface area (Å²) in [4.78, 5) is 0. The molecule has 17 heavy (non-hydrogen) atoms. The van der Waals surface area contributed by atoms with Crippen molar-refractivity contribution in [3.8, 4) is 5.75 Å². The van der Waals surface area contributed by atoms with Gasteiger partial charge in [0.15, 0.2) is 0 Å². The van der Waals surface area contributed by atoms with Crippen LogP contribution in [0.1, 0.15) is 12.8 Å². The standard InChI is InChI=1S/C12H15BrFNO.ClH/c13-11-7-10(14)1-2-12(11)16-8-9-3-5-15-6-4-9;/h1-2,7,9,15H,3-6,8H2;1H. The van der Waals surface area contributed by atoms with Crippen molar-refractivity contribution in [1.82, 2.24) is 5.32 Å². The van der Waals surface area contributed by atoms with Crippen molar-refractivity contribution in [1.29, 1.82) is 0 Å². The number of nitrogens with one attached hydrogen (secondary N) is 1. The number of hydrogen-bond acceptors (Lipinski definition) is 2. The van der Waals surface area contributed by atoms with E-state index in [1.54, 1.807) is 6.07 Å². The lowest BCUT2D eigenvalue weighted by Crippen LogP contribution is -2.30. The fourth-order valence-electron chi connectivity index (χ4n) is 1.85. The maximum Gasteiger partial charge on any atom is 0.133 e. The van der Waals surface area contributed by atoms with Gasteiger partial charge in [0.1, 0.15) is 11.6 Å². The highest BCUT2D eigenvalue weighted by Gasteiger charge is 2.14. The minimum Gasteiger partial charge on any atom is -0.492 e. The molecule has 0 aliphatic carbocycles. The van der Waals surface area contributed by atoms with E-state index in [9.17, 15) is 4.39 Å². The zero-order chi connectivity index (χ0) is 11.4. The van der Waals surface area contributed by atoms with Gasteiger partial charge in [0, 0.05) is 0 Å². The van der Waals surface area contributed by atoms with Gasteiger partial charge in [-0.3, -0.25) is 0 Å². The van der Waals surface area contributed by atoms with E-state index in [1.165, 1.54) is 12.1 Å². The SMILES string of the molecule is Cl.Fc1ccc(OCC2CCNCC2)c(Br)c1. The van der Waals surface area contributed by atoms with E-state index in [0.29, 0.717) is 17.0 Å². The smallest absolute Gasteiger partial charge is 0.133 e. The molecule has 1 aromatic rings. The van der Waals surface area contributed by atoms with Crippen molar-refractivity contribution in [3.63, 3.8) is 0 Å². The highest BCUT2D eigenvalue weighted by molar-refractivity contribution is 9.10. The molecule has 1 aliphatic heterocycles. The molecule has 5 heteroatoms. The highest BCUT2D eigenvalue weighted by Crippen LogP contribution is 2.26. The molecule has 2 rings (SSSR count). The average molecular weight is 325 g/mol. The van der Waals surface area contributed by atoms with Crippen LogP contribution in [-0.2, 0) is 0 Å². The van der Waals surface area contributed by atoms with Crippen LogP contribution >= 0.6 is 28.3 Å². The molecule has 0 saturated carbocycles. The normalized spacial score (nSPS) is 16.4. The Bertz CT molecular complexity index is 358. The van der Waals surface area contributed by atoms with Gasteiger partial charge in [-0.15, -0.1) is 12.4 Å². The summed E-state index contributed by atoms with van der Waals surface area (Å²) in [6, 6.07) is 4.51. The van der Waals surface area contributed by atoms with Crippen LogP contribution in [0.25, 0.3) is 0 Å². The summed E-state index contributed by atoms with van der Waals surface area (Å²) in [7, 11) is 0. The molecule has 0 aromatic heterocycles. The van der Waals surface area contributed by atoms with Crippen LogP contribution in [0.2, 0.25) is 0 Å². The summed E-state index contributed by atoms with van der Waals surface area (Å²) in [6.45, 7) is 2.85. The molecule has 96 valence electrons. The Hall–Kier alpha value is -0.320. The average Bonchev–Trinajstić information content (AvgIpc) is 2.29. The molecule has 1 N–H and O–H groups in total. The van der Waals surface area contributed by atoms with E-state index in [0.717, 1.165) is 31.7 Å². The minimum atomic E-state index is -0.249. The Morgan fingerprint density at radius 3 is 2.71 bits per heavy atom. The molecule has 0 unspecified atom stereocenters. The molecule has 0 spiro atoms. The first kappa shape index (κ1) is 14.7. The van der Waals surface area contributed by atoms with Crippen LogP contribution in [0.5, 0.6) is 5.75 Å². The van der Waals surface area contributed by atoms with Gasteiger partial charge in [0.2, 0.25) is 0 Å². The number of hydrogen-bond donors (Lipinski definition) is 1. The van der Waals surface area contributed by atoms with E-state index < -0.39 is 0 Å². The Morgan fingerprint density at radius 1 is 1.35 bits per heavy atom. The summed E-state index contributed by atoms with van der Waals surface area (Å²) in [5, 5.41) is 3.32. The number of ether oxygens (including phenoxy) is 1. The molecule has 0 radical (unpaired) electrons. The Morgan fingerprint density at radius 2 is 2.06 bits per heavy atom. The third-order valence-electron chi connectivity index (χ3n) is 2.83. The Balaban J connectivity index is 0.00000144. The fourth-order valence-corrected chi connectivity index (χ4v) is 2.31. The second-order valence-electron chi connectivity index (χ2n) is 4.08. The van der Waals surface area contributed by atoms with E-state index in [4.69, 9.17) is 4.74 Å². The molecular weight excluding hydrogens is 308 g/mol. The van der Waals surface area contributed by atoms with E-state index >= 15 is 0 Å². The first-order valence-electron chi connectivity index (χ1n) is 5.54. The molecule has 0 bridgehead atoms. The highest BCUT2D eigenvalue weighted by atomic mass is 79.9. The van der Waals surface area contributed by atoms with Crippen LogP contribution in [0.15, 0.2) is 22.7 Å². The fraction of sp³-hybridized carbons (Fsp3) is 0.500. The van der Waals surface area contributed by atoms with Crippen molar-refractivity contribution in [2.75, 3.05) is 19.7 Å². The van der Waals surface area contributed by atoms with Crippen molar-refractivity contribution >= 4 is 28.3 Å². The summed E-state index contributed by atoms with van der Waals surface area (Å²) in [6.07, 6.45) is 2.30. The Labute approximate surface area is 115 Å². The lowest BCUT2D eigenvalue weighted by atomic mass is 9.99. The molecule has 1 saturated heterocycles.